The van der Waals surface area contributed by atoms with Crippen LogP contribution in [0.1, 0.15) is 5.56 Å². The standard InChI is InChI=1S/C17H20N2O4/c1-2-6-19-11-17(16(22)23)10-18(9-14(17)15(19)21)8-12-4-3-5-13(20)7-12/h2-5,7,14,20H,1,6,8-11H2,(H,22,23)/t14-,17-/m0/s1. The number of aromatic hydroxyl groups is 1. The highest BCUT2D eigenvalue weighted by Gasteiger charge is 2.61. The van der Waals surface area contributed by atoms with E-state index in [-0.39, 0.29) is 18.2 Å². The lowest BCUT2D eigenvalue weighted by molar-refractivity contribution is -0.149. The number of fused-ring (bicyclic) bond motifs is 1. The van der Waals surface area contributed by atoms with Gasteiger partial charge in [-0.1, -0.05) is 18.2 Å². The molecular formula is C17H20N2O4. The van der Waals surface area contributed by atoms with Crippen molar-refractivity contribution < 1.29 is 19.8 Å². The molecule has 6 nitrogen and oxygen atoms in total. The van der Waals surface area contributed by atoms with Crippen LogP contribution in [0, 0.1) is 11.3 Å². The second-order valence-corrected chi connectivity index (χ2v) is 6.36. The molecule has 0 unspecified atom stereocenters. The maximum atomic E-state index is 12.5. The number of phenols is 1. The predicted octanol–water partition coefficient (Wildman–Crippen LogP) is 0.923. The van der Waals surface area contributed by atoms with Crippen molar-refractivity contribution in [2.75, 3.05) is 26.2 Å². The van der Waals surface area contributed by atoms with Crippen molar-refractivity contribution in [1.29, 1.82) is 0 Å². The smallest absolute Gasteiger partial charge is 0.313 e. The number of carbonyl (C=O) groups excluding carboxylic acids is 1. The van der Waals surface area contributed by atoms with E-state index in [2.05, 4.69) is 6.58 Å². The number of nitrogens with zero attached hydrogens (tertiary/aromatic N) is 2. The van der Waals surface area contributed by atoms with Crippen LogP contribution in [0.15, 0.2) is 36.9 Å². The molecule has 1 aromatic carbocycles. The van der Waals surface area contributed by atoms with Crippen LogP contribution in [0.4, 0.5) is 0 Å². The summed E-state index contributed by atoms with van der Waals surface area (Å²) in [6, 6.07) is 6.89. The van der Waals surface area contributed by atoms with Gasteiger partial charge in [-0.05, 0) is 17.7 Å². The largest absolute Gasteiger partial charge is 0.508 e. The fourth-order valence-corrected chi connectivity index (χ4v) is 3.75. The van der Waals surface area contributed by atoms with Crippen LogP contribution in [-0.4, -0.2) is 58.1 Å². The molecule has 2 aliphatic heterocycles. The number of hydrogen-bond donors (Lipinski definition) is 2. The minimum atomic E-state index is -1.04. The fourth-order valence-electron chi connectivity index (χ4n) is 3.75. The van der Waals surface area contributed by atoms with Gasteiger partial charge in [-0.25, -0.2) is 0 Å². The van der Waals surface area contributed by atoms with Crippen LogP contribution >= 0.6 is 0 Å². The second kappa shape index (κ2) is 5.70. The second-order valence-electron chi connectivity index (χ2n) is 6.36. The molecule has 2 saturated heterocycles. The molecule has 6 heteroatoms. The molecule has 0 spiro atoms. The highest BCUT2D eigenvalue weighted by atomic mass is 16.4. The number of aliphatic carboxylic acids is 1. The third kappa shape index (κ3) is 2.59. The molecule has 2 aliphatic rings. The lowest BCUT2D eigenvalue weighted by Crippen LogP contribution is -2.40. The van der Waals surface area contributed by atoms with Crippen LogP contribution in [-0.2, 0) is 16.1 Å². The van der Waals surface area contributed by atoms with Gasteiger partial charge in [0.05, 0.1) is 5.92 Å². The van der Waals surface area contributed by atoms with E-state index in [0.717, 1.165) is 5.56 Å². The van der Waals surface area contributed by atoms with E-state index in [0.29, 0.717) is 26.2 Å². The molecule has 0 aliphatic carbocycles. The summed E-state index contributed by atoms with van der Waals surface area (Å²) in [6.45, 7) is 5.52. The first-order valence-corrected chi connectivity index (χ1v) is 7.59. The Bertz CT molecular complexity index is 660. The van der Waals surface area contributed by atoms with Crippen molar-refractivity contribution in [2.45, 2.75) is 6.54 Å². The monoisotopic (exact) mass is 316 g/mol. The Kier molecular flexibility index (Phi) is 3.85. The summed E-state index contributed by atoms with van der Waals surface area (Å²) < 4.78 is 0. The Labute approximate surface area is 134 Å². The van der Waals surface area contributed by atoms with E-state index in [1.807, 2.05) is 11.0 Å². The number of carboxylic acid groups (broad SMARTS) is 1. The summed E-state index contributed by atoms with van der Waals surface area (Å²) in [5.41, 5.74) is -0.141. The minimum absolute atomic E-state index is 0.106. The van der Waals surface area contributed by atoms with Gasteiger partial charge < -0.3 is 15.1 Å². The molecule has 23 heavy (non-hydrogen) atoms. The van der Waals surface area contributed by atoms with Gasteiger partial charge in [0, 0.05) is 32.7 Å². The molecule has 1 aromatic rings. The van der Waals surface area contributed by atoms with Gasteiger partial charge in [0.25, 0.3) is 0 Å². The van der Waals surface area contributed by atoms with Crippen molar-refractivity contribution in [3.8, 4) is 5.75 Å². The Morgan fingerprint density at radius 1 is 1.43 bits per heavy atom. The number of phenolic OH excluding ortho intramolecular Hbond substituents is 1. The molecular weight excluding hydrogens is 296 g/mol. The van der Waals surface area contributed by atoms with Gasteiger partial charge in [0.2, 0.25) is 5.91 Å². The molecule has 0 aromatic heterocycles. The van der Waals surface area contributed by atoms with E-state index >= 15 is 0 Å². The van der Waals surface area contributed by atoms with Gasteiger partial charge in [-0.15, -0.1) is 6.58 Å². The minimum Gasteiger partial charge on any atom is -0.508 e. The van der Waals surface area contributed by atoms with Gasteiger partial charge in [0.15, 0.2) is 0 Å². The van der Waals surface area contributed by atoms with Crippen molar-refractivity contribution in [3.05, 3.63) is 42.5 Å². The van der Waals surface area contributed by atoms with Crippen molar-refractivity contribution in [3.63, 3.8) is 0 Å². The third-order valence-electron chi connectivity index (χ3n) is 4.79. The van der Waals surface area contributed by atoms with E-state index in [1.54, 1.807) is 29.2 Å². The Balaban J connectivity index is 1.79. The summed E-state index contributed by atoms with van der Waals surface area (Å²) in [5, 5.41) is 19.3. The zero-order chi connectivity index (χ0) is 16.6. The fraction of sp³-hybridized carbons (Fsp3) is 0.412. The zero-order valence-corrected chi connectivity index (χ0v) is 12.8. The van der Waals surface area contributed by atoms with Gasteiger partial charge >= 0.3 is 5.97 Å². The lowest BCUT2D eigenvalue weighted by atomic mass is 9.81. The van der Waals surface area contributed by atoms with E-state index in [9.17, 15) is 19.8 Å². The first-order valence-electron chi connectivity index (χ1n) is 7.59. The van der Waals surface area contributed by atoms with Gasteiger partial charge in [-0.3, -0.25) is 14.5 Å². The van der Waals surface area contributed by atoms with Gasteiger partial charge in [-0.2, -0.15) is 0 Å². The Hall–Kier alpha value is -2.34. The first-order chi connectivity index (χ1) is 11.0. The molecule has 1 amide bonds. The number of benzene rings is 1. The normalized spacial score (nSPS) is 27.2. The lowest BCUT2D eigenvalue weighted by Gasteiger charge is -2.24. The van der Waals surface area contributed by atoms with E-state index in [1.165, 1.54) is 0 Å². The number of rotatable bonds is 5. The van der Waals surface area contributed by atoms with E-state index in [4.69, 9.17) is 0 Å². The van der Waals surface area contributed by atoms with Crippen LogP contribution in [0.25, 0.3) is 0 Å². The maximum Gasteiger partial charge on any atom is 0.313 e. The molecule has 0 radical (unpaired) electrons. The zero-order valence-electron chi connectivity index (χ0n) is 12.8. The van der Waals surface area contributed by atoms with E-state index < -0.39 is 17.3 Å². The van der Waals surface area contributed by atoms with Crippen molar-refractivity contribution >= 4 is 11.9 Å². The average Bonchev–Trinajstić information content (AvgIpc) is 2.96. The Morgan fingerprint density at radius 3 is 2.83 bits per heavy atom. The highest BCUT2D eigenvalue weighted by molar-refractivity contribution is 5.92. The maximum absolute atomic E-state index is 12.5. The molecule has 2 N–H and O–H groups in total. The highest BCUT2D eigenvalue weighted by Crippen LogP contribution is 2.44. The van der Waals surface area contributed by atoms with Crippen molar-refractivity contribution in [2.24, 2.45) is 11.3 Å². The summed E-state index contributed by atoms with van der Waals surface area (Å²) in [6.07, 6.45) is 1.62. The molecule has 2 heterocycles. The molecule has 122 valence electrons. The number of amides is 1. The molecule has 0 saturated carbocycles. The molecule has 2 fully saturated rings. The topological polar surface area (TPSA) is 81.1 Å². The van der Waals surface area contributed by atoms with Crippen LogP contribution in [0.3, 0.4) is 0 Å². The van der Waals surface area contributed by atoms with Crippen LogP contribution < -0.4 is 0 Å². The number of likely N-dealkylation sites (tertiary alicyclic amines) is 2. The van der Waals surface area contributed by atoms with Crippen LogP contribution in [0.5, 0.6) is 5.75 Å². The molecule has 0 bridgehead atoms. The molecule has 2 atom stereocenters. The van der Waals surface area contributed by atoms with Crippen molar-refractivity contribution in [1.82, 2.24) is 9.80 Å². The van der Waals surface area contributed by atoms with Crippen LogP contribution in [0.2, 0.25) is 0 Å². The molecule has 3 rings (SSSR count). The summed E-state index contributed by atoms with van der Waals surface area (Å²) in [7, 11) is 0. The average molecular weight is 316 g/mol. The Morgan fingerprint density at radius 2 is 2.22 bits per heavy atom. The quantitative estimate of drug-likeness (QED) is 0.790. The third-order valence-corrected chi connectivity index (χ3v) is 4.79. The number of carbonyl (C=O) groups is 2. The predicted molar refractivity (Wildman–Crippen MR) is 83.7 cm³/mol. The summed E-state index contributed by atoms with van der Waals surface area (Å²) >= 11 is 0. The number of carboxylic acids is 1. The summed E-state index contributed by atoms with van der Waals surface area (Å²) in [4.78, 5) is 27.9. The summed E-state index contributed by atoms with van der Waals surface area (Å²) in [5.74, 6) is -1.35. The number of hydrogen-bond acceptors (Lipinski definition) is 4. The van der Waals surface area contributed by atoms with Gasteiger partial charge in [0.1, 0.15) is 11.2 Å². The first kappa shape index (κ1) is 15.6. The SMILES string of the molecule is C=CCN1C[C@@]2(C(=O)O)CN(Cc3cccc(O)c3)C[C@H]2C1=O.